The minimum Gasteiger partial charge on any atom is -0.493 e. The molecule has 0 amide bonds. The van der Waals surface area contributed by atoms with E-state index in [0.29, 0.717) is 18.4 Å². The van der Waals surface area contributed by atoms with Gasteiger partial charge in [0.1, 0.15) is 5.75 Å². The summed E-state index contributed by atoms with van der Waals surface area (Å²) < 4.78 is 5.74. The topological polar surface area (TPSA) is 29.5 Å². The van der Waals surface area contributed by atoms with E-state index in [1.54, 1.807) is 0 Å². The molecule has 2 nitrogen and oxygen atoms in total. The predicted octanol–water partition coefficient (Wildman–Crippen LogP) is 3.35. The number of aliphatic hydroxyl groups is 1. The molecule has 0 saturated heterocycles. The highest BCUT2D eigenvalue weighted by atomic mass is 16.5. The number of ether oxygens (including phenoxy) is 1. The molecule has 2 atom stereocenters. The lowest BCUT2D eigenvalue weighted by Crippen LogP contribution is -2.19. The Morgan fingerprint density at radius 1 is 1.22 bits per heavy atom. The Bertz CT molecular complexity index is 396. The van der Waals surface area contributed by atoms with Gasteiger partial charge in [-0.15, -0.1) is 0 Å². The van der Waals surface area contributed by atoms with Crippen molar-refractivity contribution in [2.45, 2.75) is 38.0 Å². The maximum absolute atomic E-state index is 9.65. The van der Waals surface area contributed by atoms with Gasteiger partial charge in [-0.1, -0.05) is 43.9 Å². The van der Waals surface area contributed by atoms with Crippen LogP contribution in [0, 0.1) is 11.8 Å². The first-order valence-electron chi connectivity index (χ1n) is 7.21. The molecule has 1 aromatic carbocycles. The molecule has 18 heavy (non-hydrogen) atoms. The van der Waals surface area contributed by atoms with Gasteiger partial charge in [-0.3, -0.25) is 0 Å². The molecule has 1 fully saturated rings. The summed E-state index contributed by atoms with van der Waals surface area (Å²) in [7, 11) is 0. The smallest absolute Gasteiger partial charge is 0.122 e. The van der Waals surface area contributed by atoms with E-state index >= 15 is 0 Å². The fraction of sp³-hybridized carbons (Fsp3) is 0.625. The zero-order valence-electron chi connectivity index (χ0n) is 10.8. The van der Waals surface area contributed by atoms with Crippen molar-refractivity contribution in [3.63, 3.8) is 0 Å². The molecule has 1 heterocycles. The quantitative estimate of drug-likeness (QED) is 0.882. The van der Waals surface area contributed by atoms with Crippen molar-refractivity contribution in [2.24, 2.45) is 11.8 Å². The third kappa shape index (κ3) is 2.26. The van der Waals surface area contributed by atoms with Crippen LogP contribution in [0.1, 0.15) is 43.6 Å². The van der Waals surface area contributed by atoms with Crippen LogP contribution in [0.2, 0.25) is 0 Å². The van der Waals surface area contributed by atoms with E-state index in [-0.39, 0.29) is 0 Å². The normalized spacial score (nSPS) is 24.8. The van der Waals surface area contributed by atoms with Gasteiger partial charge in [0.05, 0.1) is 6.61 Å². The van der Waals surface area contributed by atoms with Crippen LogP contribution >= 0.6 is 0 Å². The van der Waals surface area contributed by atoms with Gasteiger partial charge in [-0.05, 0) is 24.3 Å². The first-order chi connectivity index (χ1) is 8.88. The lowest BCUT2D eigenvalue weighted by Gasteiger charge is -2.23. The highest BCUT2D eigenvalue weighted by molar-refractivity contribution is 5.39. The molecule has 1 aromatic rings. The fourth-order valence-corrected chi connectivity index (χ4v) is 3.63. The highest BCUT2D eigenvalue weighted by Crippen LogP contribution is 2.41. The van der Waals surface area contributed by atoms with Gasteiger partial charge in [-0.2, -0.15) is 0 Å². The van der Waals surface area contributed by atoms with Crippen molar-refractivity contribution < 1.29 is 9.84 Å². The average Bonchev–Trinajstić information content (AvgIpc) is 3.06. The number of benzene rings is 1. The van der Waals surface area contributed by atoms with E-state index in [9.17, 15) is 5.11 Å². The zero-order valence-corrected chi connectivity index (χ0v) is 10.8. The average molecular weight is 246 g/mol. The Hall–Kier alpha value is -1.02. The monoisotopic (exact) mass is 246 g/mol. The van der Waals surface area contributed by atoms with E-state index < -0.39 is 0 Å². The van der Waals surface area contributed by atoms with Crippen LogP contribution in [0.25, 0.3) is 0 Å². The molecule has 1 aliphatic heterocycles. The number of aliphatic hydroxyl groups excluding tert-OH is 1. The highest BCUT2D eigenvalue weighted by Gasteiger charge is 2.31. The third-order valence-corrected chi connectivity index (χ3v) is 4.69. The van der Waals surface area contributed by atoms with Gasteiger partial charge in [0.15, 0.2) is 0 Å². The second-order valence-electron chi connectivity index (χ2n) is 5.77. The van der Waals surface area contributed by atoms with Gasteiger partial charge < -0.3 is 9.84 Å². The maximum Gasteiger partial charge on any atom is 0.122 e. The first kappa shape index (κ1) is 12.0. The zero-order chi connectivity index (χ0) is 12.4. The van der Waals surface area contributed by atoms with Gasteiger partial charge in [0.25, 0.3) is 0 Å². The van der Waals surface area contributed by atoms with Crippen molar-refractivity contribution in [2.75, 3.05) is 13.2 Å². The standard InChI is InChI=1S/C16H22O2/c17-10-13(12-5-1-2-6-12)9-14-11-18-16-8-4-3-7-15(14)16/h3-4,7-8,12-14,17H,1-2,5-6,9-11H2. The molecule has 2 aliphatic rings. The molecular formula is C16H22O2. The maximum atomic E-state index is 9.65. The second-order valence-corrected chi connectivity index (χ2v) is 5.77. The van der Waals surface area contributed by atoms with Gasteiger partial charge in [-0.25, -0.2) is 0 Å². The van der Waals surface area contributed by atoms with Crippen molar-refractivity contribution in [3.05, 3.63) is 29.8 Å². The van der Waals surface area contributed by atoms with E-state index in [0.717, 1.165) is 24.7 Å². The number of rotatable bonds is 4. The van der Waals surface area contributed by atoms with Crippen molar-refractivity contribution in [1.82, 2.24) is 0 Å². The molecule has 2 heteroatoms. The number of hydrogen-bond acceptors (Lipinski definition) is 2. The lowest BCUT2D eigenvalue weighted by molar-refractivity contribution is 0.155. The molecule has 3 rings (SSSR count). The van der Waals surface area contributed by atoms with E-state index in [1.165, 1.54) is 31.2 Å². The minimum absolute atomic E-state index is 0.337. The summed E-state index contributed by atoms with van der Waals surface area (Å²) in [5, 5.41) is 9.65. The van der Waals surface area contributed by atoms with Crippen LogP contribution in [0.5, 0.6) is 5.75 Å². The third-order valence-electron chi connectivity index (χ3n) is 4.69. The molecule has 0 aromatic heterocycles. The van der Waals surface area contributed by atoms with Crippen LogP contribution < -0.4 is 4.74 Å². The molecule has 1 N–H and O–H groups in total. The van der Waals surface area contributed by atoms with Crippen LogP contribution in [0.3, 0.4) is 0 Å². The Balaban J connectivity index is 1.69. The molecule has 0 spiro atoms. The molecule has 0 bridgehead atoms. The Morgan fingerprint density at radius 2 is 2.00 bits per heavy atom. The van der Waals surface area contributed by atoms with Crippen LogP contribution in [-0.4, -0.2) is 18.3 Å². The summed E-state index contributed by atoms with van der Waals surface area (Å²) >= 11 is 0. The van der Waals surface area contributed by atoms with Crippen molar-refractivity contribution >= 4 is 0 Å². The molecule has 1 aliphatic carbocycles. The predicted molar refractivity (Wildman–Crippen MR) is 71.8 cm³/mol. The largest absolute Gasteiger partial charge is 0.493 e. The number of fused-ring (bicyclic) bond motifs is 1. The van der Waals surface area contributed by atoms with Gasteiger partial charge >= 0.3 is 0 Å². The van der Waals surface area contributed by atoms with E-state index in [2.05, 4.69) is 18.2 Å². The number of para-hydroxylation sites is 1. The fourth-order valence-electron chi connectivity index (χ4n) is 3.63. The summed E-state index contributed by atoms with van der Waals surface area (Å²) in [4.78, 5) is 0. The first-order valence-corrected chi connectivity index (χ1v) is 7.21. The summed E-state index contributed by atoms with van der Waals surface area (Å²) in [5.74, 6) is 2.74. The second kappa shape index (κ2) is 5.31. The summed E-state index contributed by atoms with van der Waals surface area (Å²) in [6.07, 6.45) is 6.39. The Kier molecular flexibility index (Phi) is 3.55. The summed E-state index contributed by atoms with van der Waals surface area (Å²) in [5.41, 5.74) is 1.34. The molecule has 98 valence electrons. The molecule has 0 radical (unpaired) electrons. The Labute approximate surface area is 109 Å². The summed E-state index contributed by atoms with van der Waals surface area (Å²) in [6, 6.07) is 8.35. The van der Waals surface area contributed by atoms with Crippen LogP contribution in [-0.2, 0) is 0 Å². The van der Waals surface area contributed by atoms with Gasteiger partial charge in [0, 0.05) is 18.1 Å². The van der Waals surface area contributed by atoms with Crippen LogP contribution in [0.4, 0.5) is 0 Å². The minimum atomic E-state index is 0.337. The van der Waals surface area contributed by atoms with E-state index in [4.69, 9.17) is 4.74 Å². The number of hydrogen-bond donors (Lipinski definition) is 1. The molecular weight excluding hydrogens is 224 g/mol. The SMILES string of the molecule is OCC(CC1COc2ccccc21)C1CCCC1. The summed E-state index contributed by atoms with van der Waals surface area (Å²) in [6.45, 7) is 1.13. The van der Waals surface area contributed by atoms with Crippen molar-refractivity contribution in [3.8, 4) is 5.75 Å². The lowest BCUT2D eigenvalue weighted by atomic mass is 9.82. The van der Waals surface area contributed by atoms with Crippen molar-refractivity contribution in [1.29, 1.82) is 0 Å². The van der Waals surface area contributed by atoms with Gasteiger partial charge in [0.2, 0.25) is 0 Å². The van der Waals surface area contributed by atoms with Crippen LogP contribution in [0.15, 0.2) is 24.3 Å². The molecule has 1 saturated carbocycles. The molecule has 2 unspecified atom stereocenters. The van der Waals surface area contributed by atoms with E-state index in [1.807, 2.05) is 6.07 Å². The Morgan fingerprint density at radius 3 is 2.78 bits per heavy atom.